The van der Waals surface area contributed by atoms with Crippen molar-refractivity contribution in [3.63, 3.8) is 0 Å². The summed E-state index contributed by atoms with van der Waals surface area (Å²) in [5.74, 6) is 0.835. The number of benzene rings is 8. The maximum atomic E-state index is 5.63. The molecular formula is C51H32N4. The number of para-hydroxylation sites is 2. The summed E-state index contributed by atoms with van der Waals surface area (Å²) in [6, 6.07) is 57.5. The van der Waals surface area contributed by atoms with Gasteiger partial charge in [-0.05, 0) is 58.0 Å². The summed E-state index contributed by atoms with van der Waals surface area (Å²) in [5, 5.41) is 9.86. The van der Waals surface area contributed by atoms with Crippen molar-refractivity contribution in [3.05, 3.63) is 169 Å². The topological polar surface area (TPSA) is 35.1 Å². The molecule has 0 spiro atoms. The van der Waals surface area contributed by atoms with Crippen molar-refractivity contribution in [2.75, 3.05) is 0 Å². The summed E-state index contributed by atoms with van der Waals surface area (Å²) in [5.41, 5.74) is 14.8. The second kappa shape index (κ2) is 10.1. The molecule has 0 unspecified atom stereocenters. The Bertz CT molecular complexity index is 3620. The van der Waals surface area contributed by atoms with Crippen LogP contribution in [0.3, 0.4) is 0 Å². The van der Waals surface area contributed by atoms with Gasteiger partial charge in [0.2, 0.25) is 0 Å². The Morgan fingerprint density at radius 1 is 0.491 bits per heavy atom. The van der Waals surface area contributed by atoms with Gasteiger partial charge < -0.3 is 4.40 Å². The molecular weight excluding hydrogens is 669 g/mol. The van der Waals surface area contributed by atoms with Gasteiger partial charge in [-0.1, -0.05) is 141 Å². The summed E-state index contributed by atoms with van der Waals surface area (Å²) < 4.78 is 4.96. The summed E-state index contributed by atoms with van der Waals surface area (Å²) in [6.07, 6.45) is 0. The van der Waals surface area contributed by atoms with Crippen LogP contribution in [0.4, 0.5) is 0 Å². The predicted molar refractivity (Wildman–Crippen MR) is 229 cm³/mol. The minimum atomic E-state index is -0.218. The molecule has 1 aliphatic carbocycles. The van der Waals surface area contributed by atoms with Gasteiger partial charge >= 0.3 is 0 Å². The Morgan fingerprint density at radius 3 is 2.11 bits per heavy atom. The van der Waals surface area contributed by atoms with Crippen molar-refractivity contribution in [2.45, 2.75) is 19.3 Å². The molecule has 0 saturated carbocycles. The molecule has 0 fully saturated rings. The molecule has 0 amide bonds. The monoisotopic (exact) mass is 700 g/mol. The zero-order valence-electron chi connectivity index (χ0n) is 30.3. The smallest absolute Gasteiger partial charge is 0.165 e. The van der Waals surface area contributed by atoms with E-state index in [-0.39, 0.29) is 5.41 Å². The fourth-order valence-electron chi connectivity index (χ4n) is 10.2. The SMILES string of the molecule is CC1(C)c2ccccc2-c2c1cc1c3c2c2cccc4c5ccccc5n(c5cccc(c35)n1-c1nc3ccc5ccccc5c3nc1-c1ccccc1)c42. The van der Waals surface area contributed by atoms with Gasteiger partial charge in [0.05, 0.1) is 38.6 Å². The van der Waals surface area contributed by atoms with E-state index in [0.717, 1.165) is 49.9 Å². The highest BCUT2D eigenvalue weighted by atomic mass is 15.1. The standard InChI is InChI=1S/C51H32N4/c1-51(2)36-22-10-8-19-34(36)43-37(51)28-42-46-44(43)35-21-12-20-33-32-18-9-11-23-39(32)54(49(33)35)40-24-13-25-41(45(40)46)55(42)50-47(30-15-4-3-5-16-30)53-48-31-17-7-6-14-29(31)26-27-38(48)52-50/h3-28H,1-2H3. The van der Waals surface area contributed by atoms with Crippen LogP contribution in [0.1, 0.15) is 25.0 Å². The highest BCUT2D eigenvalue weighted by Gasteiger charge is 2.39. The van der Waals surface area contributed by atoms with Gasteiger partial charge in [-0.25, -0.2) is 9.97 Å². The molecule has 8 aromatic carbocycles. The van der Waals surface area contributed by atoms with Crippen LogP contribution in [-0.4, -0.2) is 18.9 Å². The van der Waals surface area contributed by atoms with Gasteiger partial charge in [0.15, 0.2) is 5.82 Å². The van der Waals surface area contributed by atoms with Crippen LogP contribution < -0.4 is 0 Å². The van der Waals surface area contributed by atoms with Crippen molar-refractivity contribution in [3.8, 4) is 28.2 Å². The molecule has 4 heterocycles. The molecule has 13 rings (SSSR count). The van der Waals surface area contributed by atoms with E-state index in [1.54, 1.807) is 0 Å². The van der Waals surface area contributed by atoms with Gasteiger partial charge in [0.1, 0.15) is 5.69 Å². The van der Waals surface area contributed by atoms with Gasteiger partial charge in [-0.2, -0.15) is 0 Å². The van der Waals surface area contributed by atoms with E-state index in [0.29, 0.717) is 0 Å². The molecule has 0 radical (unpaired) electrons. The number of nitrogens with zero attached hydrogens (tertiary/aromatic N) is 4. The second-order valence-electron chi connectivity index (χ2n) is 15.7. The first-order chi connectivity index (χ1) is 27.1. The molecule has 0 N–H and O–H groups in total. The fraction of sp³-hybridized carbons (Fsp3) is 0.0588. The Kier molecular flexibility index (Phi) is 5.42. The third kappa shape index (κ3) is 3.57. The fourth-order valence-corrected chi connectivity index (χ4v) is 10.2. The van der Waals surface area contributed by atoms with Crippen LogP contribution in [0.2, 0.25) is 0 Å². The van der Waals surface area contributed by atoms with Crippen molar-refractivity contribution >= 4 is 81.7 Å². The Balaban J connectivity index is 1.32. The van der Waals surface area contributed by atoms with Crippen molar-refractivity contribution in [2.24, 2.45) is 0 Å². The van der Waals surface area contributed by atoms with E-state index in [2.05, 4.69) is 181 Å². The molecule has 0 aliphatic heterocycles. The molecule has 55 heavy (non-hydrogen) atoms. The van der Waals surface area contributed by atoms with E-state index in [1.807, 2.05) is 0 Å². The van der Waals surface area contributed by atoms with Crippen molar-refractivity contribution < 1.29 is 0 Å². The lowest BCUT2D eigenvalue weighted by Gasteiger charge is -2.22. The lowest BCUT2D eigenvalue weighted by molar-refractivity contribution is 0.661. The highest BCUT2D eigenvalue weighted by Crippen LogP contribution is 2.56. The normalized spacial score (nSPS) is 13.8. The second-order valence-corrected chi connectivity index (χ2v) is 15.7. The lowest BCUT2D eigenvalue weighted by Crippen LogP contribution is -2.15. The maximum Gasteiger partial charge on any atom is 0.165 e. The molecule has 4 heteroatoms. The van der Waals surface area contributed by atoms with Gasteiger partial charge in [-0.15, -0.1) is 0 Å². The first-order valence-corrected chi connectivity index (χ1v) is 19.1. The van der Waals surface area contributed by atoms with Crippen LogP contribution in [0.15, 0.2) is 158 Å². The quantitative estimate of drug-likeness (QED) is 0.168. The van der Waals surface area contributed by atoms with E-state index in [4.69, 9.17) is 9.97 Å². The zero-order valence-corrected chi connectivity index (χ0v) is 30.3. The average Bonchev–Trinajstić information content (AvgIpc) is 3.79. The van der Waals surface area contributed by atoms with Crippen LogP contribution in [0, 0.1) is 0 Å². The van der Waals surface area contributed by atoms with E-state index < -0.39 is 0 Å². The van der Waals surface area contributed by atoms with Gasteiger partial charge in [0, 0.05) is 48.7 Å². The number of fused-ring (bicyclic) bond motifs is 12. The molecule has 4 nitrogen and oxygen atoms in total. The van der Waals surface area contributed by atoms with Crippen molar-refractivity contribution in [1.82, 2.24) is 18.9 Å². The maximum absolute atomic E-state index is 5.63. The minimum Gasteiger partial charge on any atom is -0.308 e. The number of rotatable bonds is 2. The van der Waals surface area contributed by atoms with E-state index in [9.17, 15) is 0 Å². The number of hydrogen-bond donors (Lipinski definition) is 0. The zero-order chi connectivity index (χ0) is 36.2. The lowest BCUT2D eigenvalue weighted by atomic mass is 9.82. The van der Waals surface area contributed by atoms with Gasteiger partial charge in [-0.3, -0.25) is 4.57 Å². The summed E-state index contributed by atoms with van der Waals surface area (Å²) in [7, 11) is 0. The Morgan fingerprint density at radius 2 is 1.20 bits per heavy atom. The third-order valence-corrected chi connectivity index (χ3v) is 12.6. The molecule has 256 valence electrons. The molecule has 0 bridgehead atoms. The first kappa shape index (κ1) is 29.4. The number of hydrogen-bond acceptors (Lipinski definition) is 2. The third-order valence-electron chi connectivity index (χ3n) is 12.6. The predicted octanol–water partition coefficient (Wildman–Crippen LogP) is 13.0. The number of aromatic nitrogens is 4. The molecule has 4 aromatic heterocycles. The van der Waals surface area contributed by atoms with Crippen LogP contribution in [-0.2, 0) is 5.41 Å². The molecule has 1 aliphatic rings. The van der Waals surface area contributed by atoms with E-state index >= 15 is 0 Å². The van der Waals surface area contributed by atoms with Crippen LogP contribution in [0.25, 0.3) is 110 Å². The Labute approximate surface area is 315 Å². The molecule has 12 aromatic rings. The largest absolute Gasteiger partial charge is 0.308 e. The minimum absolute atomic E-state index is 0.218. The average molecular weight is 701 g/mol. The van der Waals surface area contributed by atoms with E-state index in [1.165, 1.54) is 71.1 Å². The van der Waals surface area contributed by atoms with Gasteiger partial charge in [0.25, 0.3) is 0 Å². The summed E-state index contributed by atoms with van der Waals surface area (Å²) in [4.78, 5) is 11.2. The van der Waals surface area contributed by atoms with Crippen LogP contribution in [0.5, 0.6) is 0 Å². The Hall–Kier alpha value is -7.04. The summed E-state index contributed by atoms with van der Waals surface area (Å²) >= 11 is 0. The van der Waals surface area contributed by atoms with Crippen molar-refractivity contribution in [1.29, 1.82) is 0 Å². The molecule has 0 saturated heterocycles. The first-order valence-electron chi connectivity index (χ1n) is 19.1. The summed E-state index contributed by atoms with van der Waals surface area (Å²) in [6.45, 7) is 4.78. The highest BCUT2D eigenvalue weighted by molar-refractivity contribution is 6.34. The van der Waals surface area contributed by atoms with Crippen LogP contribution >= 0.6 is 0 Å². The molecule has 0 atom stereocenters.